The first kappa shape index (κ1) is 43.3. The van der Waals surface area contributed by atoms with Crippen molar-refractivity contribution in [2.75, 3.05) is 38.0 Å². The summed E-state index contributed by atoms with van der Waals surface area (Å²) >= 11 is 2.55. The Balaban J connectivity index is 1.34. The van der Waals surface area contributed by atoms with Gasteiger partial charge in [0, 0.05) is 39.2 Å². The van der Waals surface area contributed by atoms with Gasteiger partial charge in [-0.15, -0.1) is 23.1 Å². The molecule has 3 N–H and O–H groups in total. The summed E-state index contributed by atoms with van der Waals surface area (Å²) in [6.07, 6.45) is 1.92. The maximum absolute atomic E-state index is 13.9. The fourth-order valence-corrected chi connectivity index (χ4v) is 8.22. The first-order valence-corrected chi connectivity index (χ1v) is 20.4. The summed E-state index contributed by atoms with van der Waals surface area (Å²) in [5, 5.41) is 8.38. The van der Waals surface area contributed by atoms with Crippen LogP contribution in [-0.2, 0) is 32.0 Å². The Morgan fingerprint density at radius 2 is 1.69 bits per heavy atom. The van der Waals surface area contributed by atoms with Crippen molar-refractivity contribution in [3.8, 4) is 11.5 Å². The highest BCUT2D eigenvalue weighted by Crippen LogP contribution is 2.39. The Labute approximate surface area is 346 Å². The third-order valence-corrected chi connectivity index (χ3v) is 11.2. The number of rotatable bonds is 14. The molecule has 1 aromatic heterocycles. The van der Waals surface area contributed by atoms with Crippen LogP contribution in [0.2, 0.25) is 0 Å². The molecule has 0 aliphatic carbocycles. The van der Waals surface area contributed by atoms with Crippen LogP contribution in [-0.4, -0.2) is 72.9 Å². The number of thioether (sulfide) groups is 1. The van der Waals surface area contributed by atoms with Gasteiger partial charge in [-0.25, -0.2) is 9.59 Å². The summed E-state index contributed by atoms with van der Waals surface area (Å²) in [7, 11) is 3.03. The highest BCUT2D eigenvalue weighted by Gasteiger charge is 2.33. The van der Waals surface area contributed by atoms with E-state index in [0.717, 1.165) is 10.4 Å². The summed E-state index contributed by atoms with van der Waals surface area (Å²) in [5.74, 6) is -0.939. The second-order valence-corrected chi connectivity index (χ2v) is 16.4. The van der Waals surface area contributed by atoms with Gasteiger partial charge in [-0.2, -0.15) is 0 Å². The summed E-state index contributed by atoms with van der Waals surface area (Å²) < 4.78 is 21.8. The molecule has 58 heavy (non-hydrogen) atoms. The van der Waals surface area contributed by atoms with Gasteiger partial charge in [0.05, 0.1) is 38.2 Å². The van der Waals surface area contributed by atoms with Gasteiger partial charge in [-0.3, -0.25) is 14.4 Å². The lowest BCUT2D eigenvalue weighted by molar-refractivity contribution is -0.116. The van der Waals surface area contributed by atoms with Gasteiger partial charge < -0.3 is 39.8 Å². The van der Waals surface area contributed by atoms with Crippen LogP contribution in [0.3, 0.4) is 0 Å². The van der Waals surface area contributed by atoms with Crippen molar-refractivity contribution in [3.05, 3.63) is 106 Å². The number of ether oxygens (including phenoxy) is 4. The fraction of sp³-hybridized carbons (Fsp3) is 0.326. The quantitative estimate of drug-likeness (QED) is 0.0643. The third-order valence-electron chi connectivity index (χ3n) is 8.73. The van der Waals surface area contributed by atoms with E-state index in [-0.39, 0.29) is 24.8 Å². The van der Waals surface area contributed by atoms with Crippen molar-refractivity contribution in [1.82, 2.24) is 10.2 Å². The fourth-order valence-electron chi connectivity index (χ4n) is 5.95. The molecule has 13 nitrogen and oxygen atoms in total. The number of hydrogen-bond acceptors (Lipinski definition) is 11. The van der Waals surface area contributed by atoms with Crippen LogP contribution in [0, 0.1) is 0 Å². The summed E-state index contributed by atoms with van der Waals surface area (Å²) in [4.78, 5) is 70.1. The Morgan fingerprint density at radius 3 is 2.36 bits per heavy atom. The number of methoxy groups -OCH3 is 2. The molecule has 15 heteroatoms. The van der Waals surface area contributed by atoms with Crippen molar-refractivity contribution in [2.45, 2.75) is 69.8 Å². The molecule has 0 fully saturated rings. The van der Waals surface area contributed by atoms with Crippen LogP contribution in [0.15, 0.2) is 83.4 Å². The predicted molar refractivity (Wildman–Crippen MR) is 226 cm³/mol. The molecule has 4 aromatic rings. The highest BCUT2D eigenvalue weighted by molar-refractivity contribution is 8.00. The monoisotopic (exact) mass is 828 g/mol. The lowest BCUT2D eigenvalue weighted by Gasteiger charge is -2.30. The van der Waals surface area contributed by atoms with Gasteiger partial charge in [0.2, 0.25) is 5.91 Å². The van der Waals surface area contributed by atoms with Crippen LogP contribution in [0.5, 0.6) is 11.5 Å². The molecule has 0 saturated carbocycles. The van der Waals surface area contributed by atoms with Crippen LogP contribution in [0.4, 0.5) is 15.5 Å². The zero-order chi connectivity index (χ0) is 42.0. The number of esters is 1. The minimum absolute atomic E-state index is 0.0357. The first-order chi connectivity index (χ1) is 27.7. The van der Waals surface area contributed by atoms with E-state index >= 15 is 0 Å². The van der Waals surface area contributed by atoms with Crippen LogP contribution >= 0.6 is 23.1 Å². The van der Waals surface area contributed by atoms with Crippen molar-refractivity contribution >= 4 is 69.6 Å². The number of benzene rings is 3. The van der Waals surface area contributed by atoms with Crippen LogP contribution in [0.1, 0.15) is 77.8 Å². The van der Waals surface area contributed by atoms with E-state index in [1.165, 1.54) is 43.4 Å². The number of nitrogens with one attached hydrogen (secondary N) is 3. The van der Waals surface area contributed by atoms with E-state index in [4.69, 9.17) is 18.9 Å². The predicted octanol–water partition coefficient (Wildman–Crippen LogP) is 8.15. The Morgan fingerprint density at radius 1 is 0.931 bits per heavy atom. The highest BCUT2D eigenvalue weighted by atomic mass is 32.2. The zero-order valence-electron chi connectivity index (χ0n) is 33.6. The molecule has 5 rings (SSSR count). The number of anilines is 2. The Kier molecular flexibility index (Phi) is 14.6. The molecule has 3 aromatic carbocycles. The standard InChI is InChI=1S/C43H48N4O9S2/c1-8-34(39(50)46-40-36(41(51)55-9-2)31-20-21-47(25-35(31)58-40)42(52)56-43(3,4)5)57-30-17-13-16-28(23-30)44-38(49)32(45-37(48)26-14-11-10-12-15-26)22-27-18-19-29(53-6)24-33(27)54-7/h10-19,22-24,34H,8-9,20-21,25H2,1-7H3,(H,44,49)(H,45,48)(H,46,50)/b32-22+. The number of carbonyl (C=O) groups excluding carboxylic acids is 5. The van der Waals surface area contributed by atoms with Crippen molar-refractivity contribution in [2.24, 2.45) is 0 Å². The number of fused-ring (bicyclic) bond motifs is 1. The van der Waals surface area contributed by atoms with E-state index in [0.29, 0.717) is 63.2 Å². The molecule has 306 valence electrons. The minimum atomic E-state index is -0.660. The van der Waals surface area contributed by atoms with E-state index < -0.39 is 34.7 Å². The maximum Gasteiger partial charge on any atom is 0.410 e. The largest absolute Gasteiger partial charge is 0.497 e. The molecule has 0 spiro atoms. The van der Waals surface area contributed by atoms with Crippen LogP contribution in [0.25, 0.3) is 6.08 Å². The Bertz CT molecular complexity index is 2180. The smallest absolute Gasteiger partial charge is 0.410 e. The second-order valence-electron chi connectivity index (χ2n) is 14.1. The maximum atomic E-state index is 13.9. The molecule has 4 amide bonds. The van der Waals surface area contributed by atoms with E-state index in [9.17, 15) is 24.0 Å². The topological polar surface area (TPSA) is 162 Å². The average molecular weight is 829 g/mol. The second kappa shape index (κ2) is 19.6. The molecule has 1 aliphatic rings. The number of amides is 4. The lowest BCUT2D eigenvalue weighted by atomic mass is 10.0. The van der Waals surface area contributed by atoms with Gasteiger partial charge in [-0.1, -0.05) is 31.2 Å². The molecule has 1 atom stereocenters. The third kappa shape index (κ3) is 11.2. The van der Waals surface area contributed by atoms with E-state index in [1.807, 2.05) is 13.0 Å². The van der Waals surface area contributed by atoms with E-state index in [1.54, 1.807) is 99.3 Å². The average Bonchev–Trinajstić information content (AvgIpc) is 3.56. The van der Waals surface area contributed by atoms with Crippen molar-refractivity contribution in [3.63, 3.8) is 0 Å². The molecular weight excluding hydrogens is 781 g/mol. The molecular formula is C43H48N4O9S2. The lowest BCUT2D eigenvalue weighted by Crippen LogP contribution is -2.39. The molecule has 0 bridgehead atoms. The number of nitrogens with zero attached hydrogens (tertiary/aromatic N) is 1. The van der Waals surface area contributed by atoms with Crippen molar-refractivity contribution < 1.29 is 42.9 Å². The summed E-state index contributed by atoms with van der Waals surface area (Å²) in [6.45, 7) is 9.76. The first-order valence-electron chi connectivity index (χ1n) is 18.7. The number of carbonyl (C=O) groups is 5. The zero-order valence-corrected chi connectivity index (χ0v) is 35.2. The number of thiophene rings is 1. The normalized spacial score (nSPS) is 13.1. The molecule has 0 saturated heterocycles. The van der Waals surface area contributed by atoms with Gasteiger partial charge in [-0.05, 0) is 94.6 Å². The van der Waals surface area contributed by atoms with Gasteiger partial charge in [0.15, 0.2) is 0 Å². The summed E-state index contributed by atoms with van der Waals surface area (Å²) in [6, 6.07) is 20.7. The van der Waals surface area contributed by atoms with Crippen molar-refractivity contribution in [1.29, 1.82) is 0 Å². The van der Waals surface area contributed by atoms with Gasteiger partial charge >= 0.3 is 12.1 Å². The van der Waals surface area contributed by atoms with Crippen LogP contribution < -0.4 is 25.4 Å². The molecule has 2 heterocycles. The molecule has 1 aliphatic heterocycles. The van der Waals surface area contributed by atoms with E-state index in [2.05, 4.69) is 16.0 Å². The summed E-state index contributed by atoms with van der Waals surface area (Å²) in [5.41, 5.74) is 1.68. The SMILES string of the molecule is CCOC(=O)c1c(NC(=O)C(CC)Sc2cccc(NC(=O)/C(=C\c3ccc(OC)cc3OC)NC(=O)c3ccccc3)c2)sc2c1CCN(C(=O)OC(C)(C)C)C2. The number of hydrogen-bond donors (Lipinski definition) is 3. The minimum Gasteiger partial charge on any atom is -0.497 e. The van der Waals surface area contributed by atoms with Gasteiger partial charge in [0.1, 0.15) is 27.8 Å². The molecule has 0 radical (unpaired) electrons. The van der Waals surface area contributed by atoms with Gasteiger partial charge in [0.25, 0.3) is 11.8 Å². The molecule has 1 unspecified atom stereocenters. The Hall–Kier alpha value is -5.80.